The van der Waals surface area contributed by atoms with Gasteiger partial charge in [0.2, 0.25) is 5.95 Å². The van der Waals surface area contributed by atoms with Crippen LogP contribution in [0.1, 0.15) is 50.0 Å². The monoisotopic (exact) mass is 248 g/mol. The van der Waals surface area contributed by atoms with E-state index in [2.05, 4.69) is 14.9 Å². The van der Waals surface area contributed by atoms with Crippen molar-refractivity contribution in [1.29, 1.82) is 0 Å². The van der Waals surface area contributed by atoms with Crippen molar-refractivity contribution in [2.75, 3.05) is 25.0 Å². The predicted octanol–water partition coefficient (Wildman–Crippen LogP) is 2.31. The molecule has 2 rings (SSSR count). The highest BCUT2D eigenvalue weighted by Gasteiger charge is 2.16. The Morgan fingerprint density at radius 3 is 2.50 bits per heavy atom. The first-order chi connectivity index (χ1) is 8.81. The molecule has 1 saturated carbocycles. The largest absolute Gasteiger partial charge is 0.344 e. The molecule has 1 aromatic rings. The molecule has 1 aliphatic carbocycles. The highest BCUT2D eigenvalue weighted by atomic mass is 15.2. The van der Waals surface area contributed by atoms with Crippen molar-refractivity contribution >= 4 is 5.95 Å². The van der Waals surface area contributed by atoms with Crippen LogP contribution in [0.25, 0.3) is 0 Å². The smallest absolute Gasteiger partial charge is 0.224 e. The molecule has 4 nitrogen and oxygen atoms in total. The van der Waals surface area contributed by atoms with Crippen LogP contribution in [0.2, 0.25) is 0 Å². The summed E-state index contributed by atoms with van der Waals surface area (Å²) in [5, 5.41) is 0. The van der Waals surface area contributed by atoms with E-state index in [0.717, 1.165) is 18.9 Å². The molecule has 0 amide bonds. The third-order valence-electron chi connectivity index (χ3n) is 3.77. The fraction of sp³-hybridized carbons (Fsp3) is 0.714. The molecule has 0 unspecified atom stereocenters. The SMILES string of the molecule is CN(CCCN)c1ncc(C2CCCCC2)cn1. The van der Waals surface area contributed by atoms with Gasteiger partial charge in [-0.15, -0.1) is 0 Å². The van der Waals surface area contributed by atoms with E-state index in [-0.39, 0.29) is 0 Å². The second kappa shape index (κ2) is 6.69. The van der Waals surface area contributed by atoms with Crippen LogP contribution in [-0.4, -0.2) is 30.1 Å². The number of nitrogens with two attached hydrogens (primary N) is 1. The van der Waals surface area contributed by atoms with Crippen LogP contribution < -0.4 is 10.6 Å². The van der Waals surface area contributed by atoms with Gasteiger partial charge in [0.15, 0.2) is 0 Å². The van der Waals surface area contributed by atoms with Crippen molar-refractivity contribution < 1.29 is 0 Å². The number of hydrogen-bond donors (Lipinski definition) is 1. The summed E-state index contributed by atoms with van der Waals surface area (Å²) in [6.45, 7) is 1.63. The van der Waals surface area contributed by atoms with Gasteiger partial charge in [-0.05, 0) is 37.3 Å². The van der Waals surface area contributed by atoms with Gasteiger partial charge in [-0.2, -0.15) is 0 Å². The number of hydrogen-bond acceptors (Lipinski definition) is 4. The first-order valence-electron chi connectivity index (χ1n) is 7.04. The second-order valence-electron chi connectivity index (χ2n) is 5.22. The number of aromatic nitrogens is 2. The topological polar surface area (TPSA) is 55.0 Å². The average Bonchev–Trinajstić information content (AvgIpc) is 2.46. The van der Waals surface area contributed by atoms with Crippen LogP contribution >= 0.6 is 0 Å². The molecule has 0 aromatic carbocycles. The van der Waals surface area contributed by atoms with Crippen molar-refractivity contribution in [3.05, 3.63) is 18.0 Å². The van der Waals surface area contributed by atoms with E-state index >= 15 is 0 Å². The van der Waals surface area contributed by atoms with Crippen LogP contribution in [0.3, 0.4) is 0 Å². The molecule has 1 heterocycles. The van der Waals surface area contributed by atoms with E-state index in [1.54, 1.807) is 0 Å². The lowest BCUT2D eigenvalue weighted by molar-refractivity contribution is 0.442. The maximum Gasteiger partial charge on any atom is 0.224 e. The fourth-order valence-corrected chi connectivity index (χ4v) is 2.60. The molecule has 2 N–H and O–H groups in total. The molecule has 0 saturated heterocycles. The predicted molar refractivity (Wildman–Crippen MR) is 74.8 cm³/mol. The molecule has 0 spiro atoms. The van der Waals surface area contributed by atoms with Crippen molar-refractivity contribution in [1.82, 2.24) is 9.97 Å². The lowest BCUT2D eigenvalue weighted by Crippen LogP contribution is -2.23. The van der Waals surface area contributed by atoms with Gasteiger partial charge in [0, 0.05) is 26.0 Å². The summed E-state index contributed by atoms with van der Waals surface area (Å²) in [6, 6.07) is 0. The summed E-state index contributed by atoms with van der Waals surface area (Å²) in [5.41, 5.74) is 6.82. The lowest BCUT2D eigenvalue weighted by atomic mass is 9.85. The van der Waals surface area contributed by atoms with Crippen molar-refractivity contribution in [2.45, 2.75) is 44.4 Å². The fourth-order valence-electron chi connectivity index (χ4n) is 2.60. The van der Waals surface area contributed by atoms with E-state index in [9.17, 15) is 0 Å². The Kier molecular flexibility index (Phi) is 4.93. The van der Waals surface area contributed by atoms with E-state index in [1.165, 1.54) is 37.7 Å². The minimum absolute atomic E-state index is 0.683. The highest BCUT2D eigenvalue weighted by Crippen LogP contribution is 2.31. The molecule has 100 valence electrons. The third-order valence-corrected chi connectivity index (χ3v) is 3.77. The Balaban J connectivity index is 1.95. The zero-order valence-corrected chi connectivity index (χ0v) is 11.3. The molecule has 18 heavy (non-hydrogen) atoms. The van der Waals surface area contributed by atoms with Crippen LogP contribution in [0.4, 0.5) is 5.95 Å². The summed E-state index contributed by atoms with van der Waals surface area (Å²) in [5.74, 6) is 1.49. The highest BCUT2D eigenvalue weighted by molar-refractivity contribution is 5.29. The number of nitrogens with zero attached hydrogens (tertiary/aromatic N) is 3. The Hall–Kier alpha value is -1.16. The minimum atomic E-state index is 0.683. The standard InChI is InChI=1S/C14H24N4/c1-18(9-5-8-15)14-16-10-13(11-17-14)12-6-3-2-4-7-12/h10-12H,2-9,15H2,1H3. The molecule has 4 heteroatoms. The van der Waals surface area contributed by atoms with E-state index in [0.29, 0.717) is 12.5 Å². The van der Waals surface area contributed by atoms with Gasteiger partial charge >= 0.3 is 0 Å². The molecule has 0 atom stereocenters. The van der Waals surface area contributed by atoms with Gasteiger partial charge < -0.3 is 10.6 Å². The molecule has 1 aliphatic rings. The van der Waals surface area contributed by atoms with Crippen LogP contribution in [0.5, 0.6) is 0 Å². The van der Waals surface area contributed by atoms with Crippen LogP contribution in [0.15, 0.2) is 12.4 Å². The normalized spacial score (nSPS) is 16.8. The quantitative estimate of drug-likeness (QED) is 0.868. The van der Waals surface area contributed by atoms with Gasteiger partial charge in [0.1, 0.15) is 0 Å². The van der Waals surface area contributed by atoms with Gasteiger partial charge in [-0.25, -0.2) is 9.97 Å². The van der Waals surface area contributed by atoms with Crippen molar-refractivity contribution in [3.63, 3.8) is 0 Å². The van der Waals surface area contributed by atoms with E-state index < -0.39 is 0 Å². The average molecular weight is 248 g/mol. The van der Waals surface area contributed by atoms with Crippen molar-refractivity contribution in [3.8, 4) is 0 Å². The molecule has 0 aliphatic heterocycles. The first kappa shape index (κ1) is 13.3. The summed E-state index contributed by atoms with van der Waals surface area (Å²) in [4.78, 5) is 11.0. The van der Waals surface area contributed by atoms with Crippen LogP contribution in [-0.2, 0) is 0 Å². The first-order valence-corrected chi connectivity index (χ1v) is 7.04. The molecular weight excluding hydrogens is 224 g/mol. The molecule has 1 aromatic heterocycles. The van der Waals surface area contributed by atoms with Crippen molar-refractivity contribution in [2.24, 2.45) is 5.73 Å². The minimum Gasteiger partial charge on any atom is -0.344 e. The Morgan fingerprint density at radius 2 is 1.89 bits per heavy atom. The van der Waals surface area contributed by atoms with Gasteiger partial charge in [-0.3, -0.25) is 0 Å². The maximum atomic E-state index is 5.51. The summed E-state index contributed by atoms with van der Waals surface area (Å²) >= 11 is 0. The Labute approximate surface area is 110 Å². The number of anilines is 1. The molecule has 0 radical (unpaired) electrons. The van der Waals surface area contributed by atoms with Gasteiger partial charge in [-0.1, -0.05) is 19.3 Å². The zero-order valence-electron chi connectivity index (χ0n) is 11.3. The maximum absolute atomic E-state index is 5.51. The van der Waals surface area contributed by atoms with Crippen LogP contribution in [0, 0.1) is 0 Å². The molecule has 1 fully saturated rings. The summed E-state index contributed by atoms with van der Waals surface area (Å²) in [7, 11) is 2.02. The Morgan fingerprint density at radius 1 is 1.22 bits per heavy atom. The molecular formula is C14H24N4. The summed E-state index contributed by atoms with van der Waals surface area (Å²) < 4.78 is 0. The van der Waals surface area contributed by atoms with E-state index in [1.807, 2.05) is 19.4 Å². The number of rotatable bonds is 5. The lowest BCUT2D eigenvalue weighted by Gasteiger charge is -2.22. The zero-order chi connectivity index (χ0) is 12.8. The Bertz CT molecular complexity index is 343. The second-order valence-corrected chi connectivity index (χ2v) is 5.22. The summed E-state index contributed by atoms with van der Waals surface area (Å²) in [6.07, 6.45) is 11.7. The molecule has 0 bridgehead atoms. The van der Waals surface area contributed by atoms with Gasteiger partial charge in [0.25, 0.3) is 0 Å². The van der Waals surface area contributed by atoms with E-state index in [4.69, 9.17) is 5.73 Å². The third kappa shape index (κ3) is 3.42. The van der Waals surface area contributed by atoms with Gasteiger partial charge in [0.05, 0.1) is 0 Å².